The highest BCUT2D eigenvalue weighted by Gasteiger charge is 1.97. The van der Waals surface area contributed by atoms with Crippen molar-refractivity contribution in [1.29, 1.82) is 0 Å². The van der Waals surface area contributed by atoms with E-state index in [0.29, 0.717) is 0 Å². The van der Waals surface area contributed by atoms with E-state index in [1.807, 2.05) is 4.57 Å². The molecule has 1 amide bonds. The number of carbonyl (C=O) groups excluding carboxylic acids is 1. The summed E-state index contributed by atoms with van der Waals surface area (Å²) >= 11 is 0. The summed E-state index contributed by atoms with van der Waals surface area (Å²) in [7, 11) is 0. The lowest BCUT2D eigenvalue weighted by molar-refractivity contribution is -0.118. The van der Waals surface area contributed by atoms with Gasteiger partial charge in [0.1, 0.15) is 0 Å². The maximum Gasteiger partial charge on any atom is 0.223 e. The van der Waals surface area contributed by atoms with Crippen LogP contribution in [0.3, 0.4) is 0 Å². The minimum absolute atomic E-state index is 0.0127. The molecule has 0 atom stereocenters. The normalized spacial score (nSPS) is 10.3. The fourth-order valence-electron chi connectivity index (χ4n) is 1.69. The molecule has 5 nitrogen and oxygen atoms in total. The molecule has 0 aliphatic carbocycles. The third kappa shape index (κ3) is 5.52. The van der Waals surface area contributed by atoms with E-state index in [1.54, 1.807) is 6.20 Å². The predicted molar refractivity (Wildman–Crippen MR) is 69.5 cm³/mol. The average Bonchev–Trinajstić information content (AvgIpc) is 2.32. The van der Waals surface area contributed by atoms with Crippen molar-refractivity contribution in [3.05, 3.63) is 28.7 Å². The Labute approximate surface area is 106 Å². The van der Waals surface area contributed by atoms with Gasteiger partial charge in [-0.15, -0.1) is 0 Å². The Kier molecular flexibility index (Phi) is 5.97. The third-order valence-corrected chi connectivity index (χ3v) is 2.67. The summed E-state index contributed by atoms with van der Waals surface area (Å²) in [6, 6.07) is 1.37. The van der Waals surface area contributed by atoms with Gasteiger partial charge in [-0.25, -0.2) is 0 Å². The van der Waals surface area contributed by atoms with Gasteiger partial charge >= 0.3 is 0 Å². The van der Waals surface area contributed by atoms with Crippen LogP contribution in [0.15, 0.2) is 23.3 Å². The van der Waals surface area contributed by atoms with Gasteiger partial charge in [0.05, 0.1) is 0 Å². The Morgan fingerprint density at radius 1 is 1.33 bits per heavy atom. The summed E-state index contributed by atoms with van der Waals surface area (Å²) < 4.78 is 1.81. The quantitative estimate of drug-likeness (QED) is 0.717. The van der Waals surface area contributed by atoms with Crippen molar-refractivity contribution in [2.24, 2.45) is 0 Å². The molecule has 0 unspecified atom stereocenters. The number of pyridine rings is 1. The first-order chi connectivity index (χ1) is 8.59. The molecule has 2 N–H and O–H groups in total. The number of unbranched alkanes of at least 4 members (excludes halogenated alkanes) is 3. The number of nitrogens with zero attached hydrogens (tertiary/aromatic N) is 1. The van der Waals surface area contributed by atoms with Crippen LogP contribution in [0.1, 0.15) is 32.6 Å². The molecule has 1 aromatic rings. The average molecular weight is 252 g/mol. The van der Waals surface area contributed by atoms with Gasteiger partial charge in [0, 0.05) is 38.5 Å². The molecule has 0 bridgehead atoms. The number of hydrogen-bond donors (Lipinski definition) is 2. The first kappa shape index (κ1) is 14.3. The van der Waals surface area contributed by atoms with Gasteiger partial charge in [-0.05, 0) is 12.8 Å². The zero-order valence-electron chi connectivity index (χ0n) is 10.7. The molecular formula is C13H20N2O3. The standard InChI is InChI=1S/C13H20N2O3/c1-11(16)14-7-4-2-3-5-8-15-9-6-12(17)13(18)10-15/h6,9-10,18H,2-5,7-8H2,1H3,(H,14,16). The maximum absolute atomic E-state index is 11.0. The number of aromatic hydroxyl groups is 1. The highest BCUT2D eigenvalue weighted by molar-refractivity contribution is 5.72. The van der Waals surface area contributed by atoms with Crippen LogP contribution >= 0.6 is 0 Å². The van der Waals surface area contributed by atoms with Crippen molar-refractivity contribution in [1.82, 2.24) is 9.88 Å². The maximum atomic E-state index is 11.0. The number of rotatable bonds is 7. The van der Waals surface area contributed by atoms with E-state index in [4.69, 9.17) is 0 Å². The van der Waals surface area contributed by atoms with E-state index in [9.17, 15) is 14.7 Å². The Bertz CT molecular complexity index is 440. The van der Waals surface area contributed by atoms with Gasteiger partial charge in [0.2, 0.25) is 11.3 Å². The van der Waals surface area contributed by atoms with E-state index in [-0.39, 0.29) is 17.1 Å². The van der Waals surface area contributed by atoms with E-state index >= 15 is 0 Å². The molecule has 5 heteroatoms. The highest BCUT2D eigenvalue weighted by atomic mass is 16.3. The molecule has 0 fully saturated rings. The van der Waals surface area contributed by atoms with Crippen LogP contribution in [0, 0.1) is 0 Å². The minimum atomic E-state index is -0.346. The van der Waals surface area contributed by atoms with Gasteiger partial charge in [-0.2, -0.15) is 0 Å². The molecule has 0 saturated carbocycles. The fourth-order valence-corrected chi connectivity index (χ4v) is 1.69. The number of aryl methyl sites for hydroxylation is 1. The topological polar surface area (TPSA) is 71.3 Å². The van der Waals surface area contributed by atoms with Crippen molar-refractivity contribution in [2.45, 2.75) is 39.2 Å². The lowest BCUT2D eigenvalue weighted by atomic mass is 10.2. The fraction of sp³-hybridized carbons (Fsp3) is 0.538. The molecule has 18 heavy (non-hydrogen) atoms. The lowest BCUT2D eigenvalue weighted by Gasteiger charge is -2.06. The predicted octanol–water partition coefficient (Wildman–Crippen LogP) is 1.25. The van der Waals surface area contributed by atoms with Gasteiger partial charge in [0.25, 0.3) is 0 Å². The number of amides is 1. The highest BCUT2D eigenvalue weighted by Crippen LogP contribution is 2.04. The van der Waals surface area contributed by atoms with Crippen LogP contribution < -0.4 is 10.7 Å². The largest absolute Gasteiger partial charge is 0.503 e. The van der Waals surface area contributed by atoms with Crippen molar-refractivity contribution < 1.29 is 9.90 Å². The molecular weight excluding hydrogens is 232 g/mol. The molecule has 1 rings (SSSR count). The third-order valence-electron chi connectivity index (χ3n) is 2.67. The van der Waals surface area contributed by atoms with E-state index in [2.05, 4.69) is 5.32 Å². The first-order valence-corrected chi connectivity index (χ1v) is 6.23. The SMILES string of the molecule is CC(=O)NCCCCCCn1ccc(=O)c(O)c1. The Morgan fingerprint density at radius 3 is 2.72 bits per heavy atom. The molecule has 0 saturated heterocycles. The molecule has 1 heterocycles. The summed E-state index contributed by atoms with van der Waals surface area (Å²) in [5.41, 5.74) is -0.346. The smallest absolute Gasteiger partial charge is 0.223 e. The van der Waals surface area contributed by atoms with Gasteiger partial charge < -0.3 is 15.0 Å². The molecule has 0 aromatic carbocycles. The van der Waals surface area contributed by atoms with E-state index in [0.717, 1.165) is 38.8 Å². The van der Waals surface area contributed by atoms with Crippen LogP contribution in [-0.2, 0) is 11.3 Å². The van der Waals surface area contributed by atoms with Crippen LogP contribution in [0.25, 0.3) is 0 Å². The van der Waals surface area contributed by atoms with Gasteiger partial charge in [-0.3, -0.25) is 9.59 Å². The zero-order chi connectivity index (χ0) is 13.4. The number of carbonyl (C=O) groups is 1. The summed E-state index contributed by atoms with van der Waals surface area (Å²) in [6.45, 7) is 3.03. The zero-order valence-corrected chi connectivity index (χ0v) is 10.7. The lowest BCUT2D eigenvalue weighted by Crippen LogP contribution is -2.20. The van der Waals surface area contributed by atoms with Crippen LogP contribution in [0.2, 0.25) is 0 Å². The summed E-state index contributed by atoms with van der Waals surface area (Å²) in [5.74, 6) is -0.193. The first-order valence-electron chi connectivity index (χ1n) is 6.23. The second-order valence-corrected chi connectivity index (χ2v) is 4.33. The second kappa shape index (κ2) is 7.53. The Morgan fingerprint density at radius 2 is 2.06 bits per heavy atom. The molecule has 0 aliphatic rings. The van der Waals surface area contributed by atoms with Gasteiger partial charge in [-0.1, -0.05) is 12.8 Å². The molecule has 1 aromatic heterocycles. The molecule has 0 spiro atoms. The molecule has 100 valence electrons. The number of hydrogen-bond acceptors (Lipinski definition) is 3. The van der Waals surface area contributed by atoms with Crippen molar-refractivity contribution in [2.75, 3.05) is 6.54 Å². The van der Waals surface area contributed by atoms with Crippen molar-refractivity contribution >= 4 is 5.91 Å². The summed E-state index contributed by atoms with van der Waals surface area (Å²) in [6.07, 6.45) is 7.23. The number of aromatic nitrogens is 1. The van der Waals surface area contributed by atoms with Crippen molar-refractivity contribution in [3.63, 3.8) is 0 Å². The van der Waals surface area contributed by atoms with Gasteiger partial charge in [0.15, 0.2) is 5.75 Å². The van der Waals surface area contributed by atoms with Crippen LogP contribution in [0.5, 0.6) is 5.75 Å². The van der Waals surface area contributed by atoms with Crippen LogP contribution in [-0.4, -0.2) is 22.1 Å². The van der Waals surface area contributed by atoms with Crippen molar-refractivity contribution in [3.8, 4) is 5.75 Å². The molecule has 0 radical (unpaired) electrons. The van der Waals surface area contributed by atoms with E-state index < -0.39 is 0 Å². The number of nitrogens with one attached hydrogen (secondary N) is 1. The summed E-state index contributed by atoms with van der Waals surface area (Å²) in [4.78, 5) is 21.6. The summed E-state index contributed by atoms with van der Waals surface area (Å²) in [5, 5.41) is 12.0. The van der Waals surface area contributed by atoms with E-state index in [1.165, 1.54) is 19.2 Å². The second-order valence-electron chi connectivity index (χ2n) is 4.33. The Hall–Kier alpha value is -1.78. The Balaban J connectivity index is 2.12. The minimum Gasteiger partial charge on any atom is -0.503 e. The molecule has 0 aliphatic heterocycles. The van der Waals surface area contributed by atoms with Crippen LogP contribution in [0.4, 0.5) is 0 Å². The monoisotopic (exact) mass is 252 g/mol.